The molecule has 0 amide bonds. The van der Waals surface area contributed by atoms with Crippen LogP contribution >= 0.6 is 11.6 Å². The van der Waals surface area contributed by atoms with Crippen molar-refractivity contribution in [3.63, 3.8) is 0 Å². The summed E-state index contributed by atoms with van der Waals surface area (Å²) in [6.45, 7) is 1.62. The van der Waals surface area contributed by atoms with E-state index in [1.54, 1.807) is 25.1 Å². The molecule has 0 N–H and O–H groups in total. The van der Waals surface area contributed by atoms with Gasteiger partial charge in [-0.05, 0) is 24.6 Å². The first-order valence-electron chi connectivity index (χ1n) is 6.30. The highest BCUT2D eigenvalue weighted by Crippen LogP contribution is 2.31. The van der Waals surface area contributed by atoms with E-state index < -0.39 is 10.1 Å². The van der Waals surface area contributed by atoms with E-state index in [9.17, 15) is 8.42 Å². The summed E-state index contributed by atoms with van der Waals surface area (Å²) >= 11 is 5.96. The number of hydrogen-bond donors (Lipinski definition) is 0. The number of hydrogen-bond acceptors (Lipinski definition) is 5. The molecule has 2 rings (SSSR count). The summed E-state index contributed by atoms with van der Waals surface area (Å²) in [5.74, 6) is 0.940. The average Bonchev–Trinajstić information content (AvgIpc) is 2.48. The third-order valence-electron chi connectivity index (χ3n) is 3.02. The molecule has 0 aliphatic rings. The molecule has 0 saturated heterocycles. The Hall–Kier alpha value is -1.92. The van der Waals surface area contributed by atoms with Crippen molar-refractivity contribution < 1.29 is 22.1 Å². The second-order valence-corrected chi connectivity index (χ2v) is 6.37. The molecule has 0 bridgehead atoms. The minimum Gasteiger partial charge on any atom is -0.496 e. The Morgan fingerprint density at radius 1 is 0.955 bits per heavy atom. The zero-order valence-electron chi connectivity index (χ0n) is 12.3. The zero-order valence-corrected chi connectivity index (χ0v) is 13.9. The maximum absolute atomic E-state index is 12.4. The predicted molar refractivity (Wildman–Crippen MR) is 83.5 cm³/mol. The van der Waals surface area contributed by atoms with E-state index in [-0.39, 0.29) is 10.6 Å². The molecule has 7 heteroatoms. The van der Waals surface area contributed by atoms with E-state index in [1.165, 1.54) is 32.4 Å². The van der Waals surface area contributed by atoms with Crippen molar-refractivity contribution in [2.75, 3.05) is 14.2 Å². The third-order valence-corrected chi connectivity index (χ3v) is 4.82. The molecule has 0 atom stereocenters. The highest BCUT2D eigenvalue weighted by molar-refractivity contribution is 7.87. The lowest BCUT2D eigenvalue weighted by atomic mass is 10.2. The van der Waals surface area contributed by atoms with Gasteiger partial charge in [0.25, 0.3) is 0 Å². The van der Waals surface area contributed by atoms with E-state index in [1.807, 2.05) is 0 Å². The smallest absolute Gasteiger partial charge is 0.339 e. The van der Waals surface area contributed by atoms with Crippen LogP contribution in [0.1, 0.15) is 5.56 Å². The largest absolute Gasteiger partial charge is 0.496 e. The number of ether oxygens (including phenoxy) is 2. The van der Waals surface area contributed by atoms with Crippen molar-refractivity contribution in [3.8, 4) is 17.2 Å². The van der Waals surface area contributed by atoms with Gasteiger partial charge < -0.3 is 13.7 Å². The first kappa shape index (κ1) is 16.5. The highest BCUT2D eigenvalue weighted by Gasteiger charge is 2.21. The van der Waals surface area contributed by atoms with Gasteiger partial charge in [-0.1, -0.05) is 17.7 Å². The van der Waals surface area contributed by atoms with Gasteiger partial charge in [-0.25, -0.2) is 0 Å². The van der Waals surface area contributed by atoms with Gasteiger partial charge in [0.1, 0.15) is 22.1 Å². The fraction of sp³-hybridized carbons (Fsp3) is 0.200. The summed E-state index contributed by atoms with van der Waals surface area (Å²) in [6.07, 6.45) is 0. The molecule has 2 aromatic carbocycles. The van der Waals surface area contributed by atoms with Crippen molar-refractivity contribution in [3.05, 3.63) is 47.0 Å². The molecule has 0 radical (unpaired) electrons. The van der Waals surface area contributed by atoms with Crippen LogP contribution in [-0.4, -0.2) is 22.6 Å². The average molecular weight is 343 g/mol. The first-order valence-corrected chi connectivity index (χ1v) is 8.08. The van der Waals surface area contributed by atoms with E-state index in [0.29, 0.717) is 22.1 Å². The summed E-state index contributed by atoms with van der Waals surface area (Å²) in [5, 5.41) is 0.355. The normalized spacial score (nSPS) is 11.1. The number of benzene rings is 2. The van der Waals surface area contributed by atoms with Crippen LogP contribution in [-0.2, 0) is 10.1 Å². The molecule has 0 unspecified atom stereocenters. The SMILES string of the molecule is COc1cc(OC)cc(OS(=O)(=O)c2cccc(Cl)c2C)c1. The standard InChI is InChI=1S/C15H15ClO5S/c1-10-14(16)5-4-6-15(10)22(17,18)21-13-8-11(19-2)7-12(9-13)20-3/h4-9H,1-3H3. The van der Waals surface area contributed by atoms with Gasteiger partial charge >= 0.3 is 10.1 Å². The Morgan fingerprint density at radius 2 is 1.50 bits per heavy atom. The lowest BCUT2D eigenvalue weighted by Crippen LogP contribution is -2.11. The maximum atomic E-state index is 12.4. The molecule has 0 heterocycles. The van der Waals surface area contributed by atoms with Crippen LogP contribution < -0.4 is 13.7 Å². The van der Waals surface area contributed by atoms with Crippen LogP contribution in [0.2, 0.25) is 5.02 Å². The van der Waals surface area contributed by atoms with Crippen LogP contribution in [0.3, 0.4) is 0 Å². The van der Waals surface area contributed by atoms with Crippen molar-refractivity contribution in [2.45, 2.75) is 11.8 Å². The highest BCUT2D eigenvalue weighted by atomic mass is 35.5. The molecule has 22 heavy (non-hydrogen) atoms. The Labute approximate surface area is 134 Å². The second kappa shape index (κ2) is 6.46. The van der Waals surface area contributed by atoms with Gasteiger partial charge in [-0.3, -0.25) is 0 Å². The van der Waals surface area contributed by atoms with Gasteiger partial charge in [0.05, 0.1) is 14.2 Å². The van der Waals surface area contributed by atoms with Gasteiger partial charge in [-0.15, -0.1) is 0 Å². The molecule has 0 spiro atoms. The minimum atomic E-state index is -4.01. The summed E-state index contributed by atoms with van der Waals surface area (Å²) in [4.78, 5) is 0.0155. The molecule has 118 valence electrons. The van der Waals surface area contributed by atoms with Crippen molar-refractivity contribution in [1.82, 2.24) is 0 Å². The zero-order chi connectivity index (χ0) is 16.3. The van der Waals surface area contributed by atoms with Gasteiger partial charge in [0, 0.05) is 23.2 Å². The Kier molecular flexibility index (Phi) is 4.83. The van der Waals surface area contributed by atoms with Crippen molar-refractivity contribution >= 4 is 21.7 Å². The minimum absolute atomic E-state index is 0.0155. The van der Waals surface area contributed by atoms with Gasteiger partial charge in [0.15, 0.2) is 0 Å². The van der Waals surface area contributed by atoms with E-state index in [0.717, 1.165) is 0 Å². The Morgan fingerprint density at radius 3 is 2.05 bits per heavy atom. The second-order valence-electron chi connectivity index (χ2n) is 4.45. The van der Waals surface area contributed by atoms with Crippen LogP contribution in [0.4, 0.5) is 0 Å². The monoisotopic (exact) mass is 342 g/mol. The molecule has 0 aliphatic carbocycles. The number of rotatable bonds is 5. The van der Waals surface area contributed by atoms with Crippen molar-refractivity contribution in [2.24, 2.45) is 0 Å². The summed E-state index contributed by atoms with van der Waals surface area (Å²) in [6, 6.07) is 9.14. The number of halogens is 1. The summed E-state index contributed by atoms with van der Waals surface area (Å²) in [5.41, 5.74) is 0.430. The molecule has 5 nitrogen and oxygen atoms in total. The Bertz CT molecular complexity index is 764. The molecule has 0 aliphatic heterocycles. The summed E-state index contributed by atoms with van der Waals surface area (Å²) < 4.78 is 40.2. The molecule has 0 aromatic heterocycles. The maximum Gasteiger partial charge on any atom is 0.339 e. The third kappa shape index (κ3) is 3.45. The van der Waals surface area contributed by atoms with E-state index in [4.69, 9.17) is 25.3 Å². The quantitative estimate of drug-likeness (QED) is 0.779. The van der Waals surface area contributed by atoms with Crippen LogP contribution in [0.25, 0.3) is 0 Å². The van der Waals surface area contributed by atoms with Crippen LogP contribution in [0.15, 0.2) is 41.3 Å². The summed E-state index contributed by atoms with van der Waals surface area (Å²) in [7, 11) is -1.08. The van der Waals surface area contributed by atoms with Gasteiger partial charge in [-0.2, -0.15) is 8.42 Å². The fourth-order valence-electron chi connectivity index (χ4n) is 1.86. The molecule has 0 fully saturated rings. The lowest BCUT2D eigenvalue weighted by Gasteiger charge is -2.12. The number of methoxy groups -OCH3 is 2. The first-order chi connectivity index (χ1) is 10.4. The van der Waals surface area contributed by atoms with Crippen molar-refractivity contribution in [1.29, 1.82) is 0 Å². The van der Waals surface area contributed by atoms with E-state index >= 15 is 0 Å². The molecular weight excluding hydrogens is 328 g/mol. The molecule has 0 saturated carbocycles. The van der Waals surface area contributed by atoms with Crippen LogP contribution in [0.5, 0.6) is 17.2 Å². The molecular formula is C15H15ClO5S. The topological polar surface area (TPSA) is 61.8 Å². The van der Waals surface area contributed by atoms with Crippen LogP contribution in [0, 0.1) is 6.92 Å². The molecule has 2 aromatic rings. The lowest BCUT2D eigenvalue weighted by molar-refractivity contribution is 0.390. The predicted octanol–water partition coefficient (Wildman–Crippen LogP) is 3.43. The van der Waals surface area contributed by atoms with E-state index in [2.05, 4.69) is 0 Å². The van der Waals surface area contributed by atoms with Gasteiger partial charge in [0.2, 0.25) is 0 Å². The Balaban J connectivity index is 2.43. The fourth-order valence-corrected chi connectivity index (χ4v) is 3.26.